The molecule has 1 saturated heterocycles. The highest BCUT2D eigenvalue weighted by atomic mass is 16.3. The zero-order chi connectivity index (χ0) is 21.3. The number of hydrogen-bond donors (Lipinski definition) is 3. The zero-order valence-corrected chi connectivity index (χ0v) is 17.8. The molecule has 3 N–H and O–H groups in total. The number of Topliss-reactive ketones (excluding diaryl/α,β-unsaturated/α-hetero) is 1. The predicted octanol–water partition coefficient (Wildman–Crippen LogP) is 3.62. The Bertz CT molecular complexity index is 791. The van der Waals surface area contributed by atoms with Crippen molar-refractivity contribution < 1.29 is 19.8 Å². The van der Waals surface area contributed by atoms with Crippen LogP contribution in [0.4, 0.5) is 0 Å². The summed E-state index contributed by atoms with van der Waals surface area (Å²) in [6, 6.07) is -0.999. The first-order chi connectivity index (χ1) is 13.7. The molecule has 158 valence electrons. The van der Waals surface area contributed by atoms with Crippen molar-refractivity contribution in [3.63, 3.8) is 0 Å². The highest BCUT2D eigenvalue weighted by Crippen LogP contribution is 2.56. The lowest BCUT2D eigenvalue weighted by atomic mass is 9.54. The highest BCUT2D eigenvalue weighted by molar-refractivity contribution is 6.27. The van der Waals surface area contributed by atoms with Crippen molar-refractivity contribution in [1.29, 1.82) is 0 Å². The van der Waals surface area contributed by atoms with Crippen LogP contribution in [0.5, 0.6) is 0 Å². The van der Waals surface area contributed by atoms with Crippen LogP contribution < -0.4 is 5.32 Å². The van der Waals surface area contributed by atoms with Gasteiger partial charge in [-0.3, -0.25) is 9.59 Å². The molecule has 2 aliphatic carbocycles. The van der Waals surface area contributed by atoms with Gasteiger partial charge in [0.15, 0.2) is 5.78 Å². The molecule has 5 heteroatoms. The Labute approximate surface area is 173 Å². The second kappa shape index (κ2) is 8.31. The molecule has 0 unspecified atom stereocenters. The molecule has 0 aromatic carbocycles. The van der Waals surface area contributed by atoms with Crippen LogP contribution >= 0.6 is 0 Å². The normalized spacial score (nSPS) is 40.4. The molecule has 3 rings (SSSR count). The molecule has 1 heterocycles. The third kappa shape index (κ3) is 3.73. The summed E-state index contributed by atoms with van der Waals surface area (Å²) < 4.78 is 0. The van der Waals surface area contributed by atoms with Gasteiger partial charge in [0.25, 0.3) is 5.91 Å². The Kier molecular flexibility index (Phi) is 6.18. The van der Waals surface area contributed by atoms with Crippen molar-refractivity contribution in [2.75, 3.05) is 0 Å². The first-order valence-electron chi connectivity index (χ1n) is 10.7. The van der Waals surface area contributed by atoms with Crippen LogP contribution in [0.1, 0.15) is 47.0 Å². The summed E-state index contributed by atoms with van der Waals surface area (Å²) in [7, 11) is 0. The maximum absolute atomic E-state index is 12.9. The maximum atomic E-state index is 12.9. The molecule has 3 aliphatic rings. The quantitative estimate of drug-likeness (QED) is 0.222. The van der Waals surface area contributed by atoms with Gasteiger partial charge in [0.2, 0.25) is 0 Å². The number of allylic oxidation sites excluding steroid dienone is 7. The molecular weight excluding hydrogens is 366 g/mol. The SMILES string of the molecule is C/C=C/C=C/[C@@H]1C=C[C@H]2C[C@H](C)CC[C@@H]2[C@@]1(C)/C(O)=C1/C(=O)N[C@@H]([C@@H](C)O)C1=O. The number of amides is 1. The summed E-state index contributed by atoms with van der Waals surface area (Å²) in [4.78, 5) is 25.5. The second-order valence-electron chi connectivity index (χ2n) is 9.07. The molecule has 5 nitrogen and oxygen atoms in total. The Morgan fingerprint density at radius 2 is 2.00 bits per heavy atom. The Morgan fingerprint density at radius 3 is 2.62 bits per heavy atom. The minimum absolute atomic E-state index is 0.132. The fourth-order valence-electron chi connectivity index (χ4n) is 5.36. The van der Waals surface area contributed by atoms with Crippen LogP contribution in [0.15, 0.2) is 47.8 Å². The van der Waals surface area contributed by atoms with Crippen LogP contribution in [0.3, 0.4) is 0 Å². The summed E-state index contributed by atoms with van der Waals surface area (Å²) in [6.45, 7) is 7.64. The summed E-state index contributed by atoms with van der Waals surface area (Å²) >= 11 is 0. The van der Waals surface area contributed by atoms with Crippen molar-refractivity contribution in [3.05, 3.63) is 47.8 Å². The lowest BCUT2D eigenvalue weighted by Gasteiger charge is -2.50. The van der Waals surface area contributed by atoms with Gasteiger partial charge in [0.1, 0.15) is 17.4 Å². The summed E-state index contributed by atoms with van der Waals surface area (Å²) in [5.41, 5.74) is -0.941. The standard InChI is InChI=1S/C24H33NO4/c1-5-6-7-8-17-11-10-16-13-14(2)9-12-18(16)24(17,4)22(28)19-21(27)20(15(3)26)25-23(19)29/h5-8,10-11,14-18,20,26,28H,9,12-13H2,1-4H3,(H,25,29)/b6-5+,8-7+,22-19-/t14-,15-,16+,17-,18+,20+,24+/m1/s1. The highest BCUT2D eigenvalue weighted by Gasteiger charge is 2.53. The molecule has 0 spiro atoms. The predicted molar refractivity (Wildman–Crippen MR) is 113 cm³/mol. The van der Waals surface area contributed by atoms with Gasteiger partial charge in [0.05, 0.1) is 6.10 Å². The summed E-state index contributed by atoms with van der Waals surface area (Å²) in [5, 5.41) is 23.8. The number of fused-ring (bicyclic) bond motifs is 1. The van der Waals surface area contributed by atoms with E-state index in [4.69, 9.17) is 0 Å². The Morgan fingerprint density at radius 1 is 1.28 bits per heavy atom. The van der Waals surface area contributed by atoms with Crippen molar-refractivity contribution in [1.82, 2.24) is 5.32 Å². The molecular formula is C24H33NO4. The number of carbonyl (C=O) groups excluding carboxylic acids is 2. The number of carbonyl (C=O) groups is 2. The molecule has 0 bridgehead atoms. The average molecular weight is 400 g/mol. The second-order valence-corrected chi connectivity index (χ2v) is 9.07. The molecule has 0 radical (unpaired) electrons. The molecule has 1 saturated carbocycles. The maximum Gasteiger partial charge on any atom is 0.259 e. The largest absolute Gasteiger partial charge is 0.511 e. The van der Waals surface area contributed by atoms with E-state index >= 15 is 0 Å². The molecule has 0 aromatic heterocycles. The van der Waals surface area contributed by atoms with E-state index in [1.54, 1.807) is 0 Å². The first-order valence-corrected chi connectivity index (χ1v) is 10.7. The van der Waals surface area contributed by atoms with E-state index in [0.717, 1.165) is 19.3 Å². The Balaban J connectivity index is 2.11. The molecule has 29 heavy (non-hydrogen) atoms. The fourth-order valence-corrected chi connectivity index (χ4v) is 5.36. The average Bonchev–Trinajstić information content (AvgIpc) is 2.97. The minimum atomic E-state index is -1.01. The van der Waals surface area contributed by atoms with Crippen LogP contribution in [-0.4, -0.2) is 34.0 Å². The number of ketones is 1. The van der Waals surface area contributed by atoms with Gasteiger partial charge >= 0.3 is 0 Å². The number of nitrogens with one attached hydrogen (secondary N) is 1. The van der Waals surface area contributed by atoms with E-state index < -0.39 is 29.3 Å². The van der Waals surface area contributed by atoms with Crippen LogP contribution in [0.25, 0.3) is 0 Å². The van der Waals surface area contributed by atoms with E-state index in [0.29, 0.717) is 11.8 Å². The Hall–Kier alpha value is -2.14. The molecule has 1 amide bonds. The minimum Gasteiger partial charge on any atom is -0.511 e. The van der Waals surface area contributed by atoms with Gasteiger partial charge in [-0.05, 0) is 44.4 Å². The van der Waals surface area contributed by atoms with Crippen molar-refractivity contribution in [2.45, 2.75) is 59.1 Å². The van der Waals surface area contributed by atoms with Gasteiger partial charge in [-0.2, -0.15) is 0 Å². The van der Waals surface area contributed by atoms with Crippen LogP contribution in [0, 0.1) is 29.1 Å². The fraction of sp³-hybridized carbons (Fsp3) is 0.583. The topological polar surface area (TPSA) is 86.6 Å². The molecule has 2 fully saturated rings. The van der Waals surface area contributed by atoms with E-state index in [-0.39, 0.29) is 23.2 Å². The number of aliphatic hydroxyl groups excluding tert-OH is 2. The number of aliphatic hydroxyl groups is 2. The van der Waals surface area contributed by atoms with Crippen molar-refractivity contribution in [3.8, 4) is 0 Å². The lowest BCUT2D eigenvalue weighted by Crippen LogP contribution is -2.45. The third-order valence-electron chi connectivity index (χ3n) is 7.08. The summed E-state index contributed by atoms with van der Waals surface area (Å²) in [5.74, 6) is -0.306. The van der Waals surface area contributed by atoms with E-state index in [1.165, 1.54) is 6.92 Å². The smallest absolute Gasteiger partial charge is 0.259 e. The monoisotopic (exact) mass is 399 g/mol. The number of rotatable bonds is 4. The first kappa shape index (κ1) is 21.6. The van der Waals surface area contributed by atoms with E-state index in [1.807, 2.05) is 38.2 Å². The molecule has 0 aromatic rings. The van der Waals surface area contributed by atoms with Gasteiger partial charge in [0, 0.05) is 11.3 Å². The molecule has 1 aliphatic heterocycles. The van der Waals surface area contributed by atoms with E-state index in [9.17, 15) is 19.8 Å². The molecule has 7 atom stereocenters. The number of hydrogen-bond acceptors (Lipinski definition) is 4. The van der Waals surface area contributed by atoms with Gasteiger partial charge in [-0.1, -0.05) is 56.7 Å². The van der Waals surface area contributed by atoms with Crippen LogP contribution in [0.2, 0.25) is 0 Å². The van der Waals surface area contributed by atoms with Gasteiger partial charge < -0.3 is 15.5 Å². The van der Waals surface area contributed by atoms with Crippen molar-refractivity contribution in [2.24, 2.45) is 29.1 Å². The van der Waals surface area contributed by atoms with Crippen LogP contribution in [-0.2, 0) is 9.59 Å². The van der Waals surface area contributed by atoms with E-state index in [2.05, 4.69) is 24.4 Å². The zero-order valence-electron chi connectivity index (χ0n) is 17.8. The summed E-state index contributed by atoms with van der Waals surface area (Å²) in [6.07, 6.45) is 14.2. The van der Waals surface area contributed by atoms with Gasteiger partial charge in [-0.15, -0.1) is 0 Å². The third-order valence-corrected chi connectivity index (χ3v) is 7.08. The lowest BCUT2D eigenvalue weighted by molar-refractivity contribution is -0.118. The van der Waals surface area contributed by atoms with Crippen molar-refractivity contribution >= 4 is 11.7 Å². The van der Waals surface area contributed by atoms with Gasteiger partial charge in [-0.25, -0.2) is 0 Å².